The monoisotopic (exact) mass is 756 g/mol. The summed E-state index contributed by atoms with van der Waals surface area (Å²) in [6.07, 6.45) is 15.0. The number of hydrogen-bond donors (Lipinski definition) is 0. The van der Waals surface area contributed by atoms with Crippen molar-refractivity contribution < 1.29 is 0 Å². The minimum Gasteiger partial charge on any atom is -0.333 e. The fourth-order valence-corrected chi connectivity index (χ4v) is 8.81. The average molecular weight is 757 g/mol. The molecule has 1 heterocycles. The Morgan fingerprint density at radius 1 is 0.508 bits per heavy atom. The van der Waals surface area contributed by atoms with Gasteiger partial charge in [0.1, 0.15) is 0 Å². The zero-order chi connectivity index (χ0) is 39.7. The summed E-state index contributed by atoms with van der Waals surface area (Å²) in [4.78, 5) is 4.87. The molecule has 0 saturated heterocycles. The van der Waals surface area contributed by atoms with Crippen LogP contribution in [-0.2, 0) is 0 Å². The lowest BCUT2D eigenvalue weighted by Crippen LogP contribution is -2.28. The van der Waals surface area contributed by atoms with E-state index in [4.69, 9.17) is 0 Å². The molecule has 8 aromatic carbocycles. The molecular weight excluding hydrogens is 713 g/mol. The molecule has 59 heavy (non-hydrogen) atoms. The Hall–Kier alpha value is -7.42. The van der Waals surface area contributed by atoms with Gasteiger partial charge in [-0.1, -0.05) is 164 Å². The first-order chi connectivity index (χ1) is 29.1. The Bertz CT molecular complexity index is 2900. The highest BCUT2D eigenvalue weighted by Crippen LogP contribution is 2.49. The summed E-state index contributed by atoms with van der Waals surface area (Å²) in [7, 11) is 0. The Morgan fingerprint density at radius 2 is 1.07 bits per heavy atom. The molecule has 0 amide bonds. The summed E-state index contributed by atoms with van der Waals surface area (Å²) in [5, 5.41) is 2.52. The summed E-state index contributed by atoms with van der Waals surface area (Å²) in [5.74, 6) is 0.285. The summed E-state index contributed by atoms with van der Waals surface area (Å²) in [5.41, 5.74) is 16.8. The molecule has 2 atom stereocenters. The van der Waals surface area contributed by atoms with Crippen LogP contribution in [0.4, 0.5) is 28.4 Å². The van der Waals surface area contributed by atoms with Crippen LogP contribution in [0.2, 0.25) is 0 Å². The molecule has 2 nitrogen and oxygen atoms in total. The van der Waals surface area contributed by atoms with E-state index in [1.807, 2.05) is 12.2 Å². The maximum Gasteiger partial charge on any atom is 0.0629 e. The Labute approximate surface area is 347 Å². The van der Waals surface area contributed by atoms with Gasteiger partial charge in [0.05, 0.1) is 6.04 Å². The lowest BCUT2D eigenvalue weighted by Gasteiger charge is -2.29. The van der Waals surface area contributed by atoms with Gasteiger partial charge in [-0.2, -0.15) is 0 Å². The van der Waals surface area contributed by atoms with Crippen LogP contribution in [0.1, 0.15) is 22.6 Å². The summed E-state index contributed by atoms with van der Waals surface area (Å²) < 4.78 is 0. The standard InChI is InChI=1S/C57H44N2/c1-3-4-12-46-37-48(20-19-40(46)2)44-23-31-51(32-24-44)58(50-29-21-43(22-30-50)41-13-6-5-7-14-41)52-33-25-45(26-34-52)49-28-36-57-55(39-49)54-17-10-11-18-56(54)59(57)53-35-27-42-15-8-9-16-47(42)38-53/h3-39,54,56H,1H2,2H3/b12-4-. The van der Waals surface area contributed by atoms with E-state index in [1.165, 1.54) is 72.2 Å². The number of hydrogen-bond acceptors (Lipinski definition) is 2. The van der Waals surface area contributed by atoms with E-state index in [2.05, 4.69) is 236 Å². The van der Waals surface area contributed by atoms with E-state index < -0.39 is 0 Å². The van der Waals surface area contributed by atoms with E-state index in [9.17, 15) is 0 Å². The fraction of sp³-hybridized carbons (Fsp3) is 0.0526. The second kappa shape index (κ2) is 15.5. The van der Waals surface area contributed by atoms with E-state index in [0.29, 0.717) is 0 Å². The van der Waals surface area contributed by atoms with Gasteiger partial charge in [0.2, 0.25) is 0 Å². The van der Waals surface area contributed by atoms with Crippen molar-refractivity contribution in [1.82, 2.24) is 0 Å². The Kier molecular flexibility index (Phi) is 9.44. The molecule has 0 aromatic heterocycles. The molecule has 8 aromatic rings. The lowest BCUT2D eigenvalue weighted by molar-refractivity contribution is 0.745. The highest BCUT2D eigenvalue weighted by atomic mass is 15.2. The first-order valence-electron chi connectivity index (χ1n) is 20.4. The van der Waals surface area contributed by atoms with Crippen LogP contribution < -0.4 is 9.80 Å². The fourth-order valence-electron chi connectivity index (χ4n) is 8.81. The minimum atomic E-state index is 0.240. The van der Waals surface area contributed by atoms with Gasteiger partial charge in [-0.15, -0.1) is 0 Å². The van der Waals surface area contributed by atoms with Crippen molar-refractivity contribution in [3.63, 3.8) is 0 Å². The molecule has 0 saturated carbocycles. The SMILES string of the molecule is C=C/C=C\c1cc(-c2ccc(N(c3ccc(-c4ccccc4)cc3)c3ccc(-c4ccc5c(c4)C4C=CC=CC4N5c4ccc5ccccc5c4)cc3)cc2)ccc1C. The smallest absolute Gasteiger partial charge is 0.0629 e. The van der Waals surface area contributed by atoms with Crippen LogP contribution in [0.5, 0.6) is 0 Å². The average Bonchev–Trinajstić information content (AvgIpc) is 3.63. The quantitative estimate of drug-likeness (QED) is 0.135. The Balaban J connectivity index is 0.992. The largest absolute Gasteiger partial charge is 0.333 e. The first kappa shape index (κ1) is 36.0. The molecule has 0 fully saturated rings. The van der Waals surface area contributed by atoms with E-state index in [-0.39, 0.29) is 12.0 Å². The second-order valence-corrected chi connectivity index (χ2v) is 15.5. The molecule has 2 aliphatic rings. The van der Waals surface area contributed by atoms with E-state index in [1.54, 1.807) is 0 Å². The van der Waals surface area contributed by atoms with Crippen molar-refractivity contribution in [2.75, 3.05) is 9.80 Å². The van der Waals surface area contributed by atoms with Crippen LogP contribution in [0.15, 0.2) is 225 Å². The van der Waals surface area contributed by atoms with Gasteiger partial charge in [0.25, 0.3) is 0 Å². The lowest BCUT2D eigenvalue weighted by atomic mass is 9.89. The number of rotatable bonds is 9. The highest BCUT2D eigenvalue weighted by molar-refractivity contribution is 5.89. The van der Waals surface area contributed by atoms with Crippen LogP contribution in [-0.4, -0.2) is 6.04 Å². The van der Waals surface area contributed by atoms with Gasteiger partial charge in [-0.25, -0.2) is 0 Å². The summed E-state index contributed by atoms with van der Waals surface area (Å²) in [6, 6.07) is 66.8. The topological polar surface area (TPSA) is 6.48 Å². The molecule has 2 unspecified atom stereocenters. The van der Waals surface area contributed by atoms with Crippen molar-refractivity contribution in [2.45, 2.75) is 18.9 Å². The number of allylic oxidation sites excluding steroid dienone is 4. The van der Waals surface area contributed by atoms with Gasteiger partial charge in [0.15, 0.2) is 0 Å². The van der Waals surface area contributed by atoms with Crippen molar-refractivity contribution in [3.8, 4) is 33.4 Å². The van der Waals surface area contributed by atoms with Gasteiger partial charge in [-0.05, 0) is 134 Å². The maximum absolute atomic E-state index is 3.85. The third-order valence-corrected chi connectivity index (χ3v) is 11.9. The van der Waals surface area contributed by atoms with Gasteiger partial charge >= 0.3 is 0 Å². The molecule has 282 valence electrons. The van der Waals surface area contributed by atoms with E-state index in [0.717, 1.165) is 17.1 Å². The third kappa shape index (κ3) is 6.89. The summed E-state index contributed by atoms with van der Waals surface area (Å²) in [6.45, 7) is 6.00. The second-order valence-electron chi connectivity index (χ2n) is 15.5. The maximum atomic E-state index is 3.85. The van der Waals surface area contributed by atoms with Crippen LogP contribution in [0.3, 0.4) is 0 Å². The normalized spacial score (nSPS) is 15.4. The third-order valence-electron chi connectivity index (χ3n) is 11.9. The molecule has 1 aliphatic heterocycles. The minimum absolute atomic E-state index is 0.240. The number of aryl methyl sites for hydroxylation is 1. The molecule has 0 spiro atoms. The molecule has 0 radical (unpaired) electrons. The van der Waals surface area contributed by atoms with Crippen LogP contribution >= 0.6 is 0 Å². The zero-order valence-electron chi connectivity index (χ0n) is 33.1. The van der Waals surface area contributed by atoms with Crippen molar-refractivity contribution in [2.24, 2.45) is 0 Å². The molecule has 2 heteroatoms. The molecule has 0 N–H and O–H groups in total. The highest BCUT2D eigenvalue weighted by Gasteiger charge is 2.37. The number of anilines is 5. The van der Waals surface area contributed by atoms with Crippen molar-refractivity contribution >= 4 is 45.3 Å². The van der Waals surface area contributed by atoms with Gasteiger partial charge in [-0.3, -0.25) is 0 Å². The van der Waals surface area contributed by atoms with Crippen LogP contribution in [0.25, 0.3) is 50.2 Å². The van der Waals surface area contributed by atoms with Crippen LogP contribution in [0, 0.1) is 6.92 Å². The molecular formula is C57H44N2. The van der Waals surface area contributed by atoms with Crippen molar-refractivity contribution in [3.05, 3.63) is 242 Å². The molecule has 1 aliphatic carbocycles. The summed E-state index contributed by atoms with van der Waals surface area (Å²) >= 11 is 0. The Morgan fingerprint density at radius 3 is 1.75 bits per heavy atom. The predicted molar refractivity (Wildman–Crippen MR) is 252 cm³/mol. The first-order valence-corrected chi connectivity index (χ1v) is 20.4. The molecule has 0 bridgehead atoms. The predicted octanol–water partition coefficient (Wildman–Crippen LogP) is 15.5. The van der Waals surface area contributed by atoms with Gasteiger partial charge in [0, 0.05) is 34.4 Å². The zero-order valence-corrected chi connectivity index (χ0v) is 33.1. The van der Waals surface area contributed by atoms with E-state index >= 15 is 0 Å². The number of benzene rings is 8. The van der Waals surface area contributed by atoms with Gasteiger partial charge < -0.3 is 9.80 Å². The number of nitrogens with zero attached hydrogens (tertiary/aromatic N) is 2. The van der Waals surface area contributed by atoms with Crippen molar-refractivity contribution in [1.29, 1.82) is 0 Å². The number of fused-ring (bicyclic) bond motifs is 4. The molecule has 10 rings (SSSR count).